The lowest BCUT2D eigenvalue weighted by atomic mass is 10.1. The van der Waals surface area contributed by atoms with E-state index in [1.165, 1.54) is 6.07 Å². The molecule has 2 aromatic carbocycles. The SMILES string of the molecule is COc1ccccc1CN(C)c1c(N)cccc1F. The lowest BCUT2D eigenvalue weighted by Crippen LogP contribution is -2.19. The van der Waals surface area contributed by atoms with Gasteiger partial charge in [-0.15, -0.1) is 0 Å². The summed E-state index contributed by atoms with van der Waals surface area (Å²) >= 11 is 0. The number of rotatable bonds is 4. The van der Waals surface area contributed by atoms with E-state index < -0.39 is 0 Å². The Morgan fingerprint density at radius 3 is 2.58 bits per heavy atom. The van der Waals surface area contributed by atoms with Crippen LogP contribution in [0.3, 0.4) is 0 Å². The van der Waals surface area contributed by atoms with Crippen molar-refractivity contribution in [1.29, 1.82) is 0 Å². The molecule has 3 nitrogen and oxygen atoms in total. The van der Waals surface area contributed by atoms with Crippen molar-refractivity contribution < 1.29 is 9.13 Å². The molecule has 0 amide bonds. The fourth-order valence-electron chi connectivity index (χ4n) is 2.10. The van der Waals surface area contributed by atoms with Gasteiger partial charge in [0.2, 0.25) is 0 Å². The van der Waals surface area contributed by atoms with Gasteiger partial charge in [-0.25, -0.2) is 4.39 Å². The normalized spacial score (nSPS) is 10.3. The molecule has 2 rings (SSSR count). The quantitative estimate of drug-likeness (QED) is 0.859. The number of hydrogen-bond acceptors (Lipinski definition) is 3. The first-order valence-electron chi connectivity index (χ1n) is 6.00. The third-order valence-corrected chi connectivity index (χ3v) is 3.00. The Kier molecular flexibility index (Phi) is 3.90. The molecule has 0 aliphatic carbocycles. The zero-order valence-electron chi connectivity index (χ0n) is 11.1. The number of hydrogen-bond donors (Lipinski definition) is 1. The van der Waals surface area contributed by atoms with Crippen molar-refractivity contribution in [3.05, 3.63) is 53.8 Å². The maximum atomic E-state index is 13.8. The molecule has 2 N–H and O–H groups in total. The second-order valence-electron chi connectivity index (χ2n) is 4.35. The predicted molar refractivity (Wildman–Crippen MR) is 75.9 cm³/mol. The van der Waals surface area contributed by atoms with E-state index in [9.17, 15) is 4.39 Å². The van der Waals surface area contributed by atoms with Crippen LogP contribution in [0, 0.1) is 5.82 Å². The predicted octanol–water partition coefficient (Wildman–Crippen LogP) is 3.05. The van der Waals surface area contributed by atoms with Gasteiger partial charge in [0.25, 0.3) is 0 Å². The first-order valence-corrected chi connectivity index (χ1v) is 6.00. The van der Waals surface area contributed by atoms with Gasteiger partial charge in [-0.2, -0.15) is 0 Å². The van der Waals surface area contributed by atoms with Gasteiger partial charge in [-0.1, -0.05) is 24.3 Å². The Labute approximate surface area is 112 Å². The molecule has 19 heavy (non-hydrogen) atoms. The molecule has 100 valence electrons. The zero-order valence-corrected chi connectivity index (χ0v) is 11.1. The summed E-state index contributed by atoms with van der Waals surface area (Å²) in [5.74, 6) is 0.460. The van der Waals surface area contributed by atoms with Gasteiger partial charge in [0.15, 0.2) is 0 Å². The summed E-state index contributed by atoms with van der Waals surface area (Å²) in [5, 5.41) is 0. The average molecular weight is 260 g/mol. The number of para-hydroxylation sites is 2. The molecular formula is C15H17FN2O. The molecule has 0 unspecified atom stereocenters. The van der Waals surface area contributed by atoms with Gasteiger partial charge in [0.05, 0.1) is 18.5 Å². The number of benzene rings is 2. The van der Waals surface area contributed by atoms with Crippen LogP contribution in [0.4, 0.5) is 15.8 Å². The van der Waals surface area contributed by atoms with Crippen LogP contribution in [0.1, 0.15) is 5.56 Å². The third kappa shape index (κ3) is 2.78. The van der Waals surface area contributed by atoms with E-state index in [1.807, 2.05) is 24.3 Å². The molecule has 2 aromatic rings. The van der Waals surface area contributed by atoms with Crippen molar-refractivity contribution >= 4 is 11.4 Å². The van der Waals surface area contributed by atoms with Gasteiger partial charge in [-0.3, -0.25) is 0 Å². The minimum absolute atomic E-state index is 0.322. The summed E-state index contributed by atoms with van der Waals surface area (Å²) in [6.07, 6.45) is 0. The van der Waals surface area contributed by atoms with Crippen molar-refractivity contribution in [3.8, 4) is 5.75 Å². The van der Waals surface area contributed by atoms with Crippen molar-refractivity contribution in [1.82, 2.24) is 0 Å². The molecule has 0 saturated carbocycles. The summed E-state index contributed by atoms with van der Waals surface area (Å²) in [7, 11) is 3.43. The van der Waals surface area contributed by atoms with Crippen LogP contribution >= 0.6 is 0 Å². The van der Waals surface area contributed by atoms with E-state index >= 15 is 0 Å². The largest absolute Gasteiger partial charge is 0.496 e. The van der Waals surface area contributed by atoms with Crippen LogP contribution in [0.25, 0.3) is 0 Å². The molecule has 0 atom stereocenters. The number of nitrogen functional groups attached to an aromatic ring is 1. The van der Waals surface area contributed by atoms with E-state index in [2.05, 4.69) is 0 Å². The molecule has 0 bridgehead atoms. The van der Waals surface area contributed by atoms with Crippen LogP contribution in [0.2, 0.25) is 0 Å². The Morgan fingerprint density at radius 1 is 1.16 bits per heavy atom. The smallest absolute Gasteiger partial charge is 0.148 e. The van der Waals surface area contributed by atoms with Crippen molar-refractivity contribution in [3.63, 3.8) is 0 Å². The van der Waals surface area contributed by atoms with Gasteiger partial charge in [-0.05, 0) is 18.2 Å². The number of ether oxygens (including phenoxy) is 1. The van der Waals surface area contributed by atoms with E-state index in [-0.39, 0.29) is 5.82 Å². The fraction of sp³-hybridized carbons (Fsp3) is 0.200. The van der Waals surface area contributed by atoms with E-state index in [4.69, 9.17) is 10.5 Å². The van der Waals surface area contributed by atoms with Crippen LogP contribution in [-0.2, 0) is 6.54 Å². The number of methoxy groups -OCH3 is 1. The van der Waals surface area contributed by atoms with Crippen LogP contribution in [0.5, 0.6) is 5.75 Å². The van der Waals surface area contributed by atoms with Crippen molar-refractivity contribution in [2.45, 2.75) is 6.54 Å². The lowest BCUT2D eigenvalue weighted by Gasteiger charge is -2.22. The zero-order chi connectivity index (χ0) is 13.8. The molecular weight excluding hydrogens is 243 g/mol. The first kappa shape index (κ1) is 13.2. The topological polar surface area (TPSA) is 38.5 Å². The summed E-state index contributed by atoms with van der Waals surface area (Å²) in [4.78, 5) is 1.78. The second-order valence-corrected chi connectivity index (χ2v) is 4.35. The van der Waals surface area contributed by atoms with E-state index in [1.54, 1.807) is 31.2 Å². The monoisotopic (exact) mass is 260 g/mol. The maximum Gasteiger partial charge on any atom is 0.148 e. The van der Waals surface area contributed by atoms with E-state index in [0.29, 0.717) is 17.9 Å². The van der Waals surface area contributed by atoms with Gasteiger partial charge in [0, 0.05) is 19.2 Å². The fourth-order valence-corrected chi connectivity index (χ4v) is 2.10. The third-order valence-electron chi connectivity index (χ3n) is 3.00. The number of nitrogens with two attached hydrogens (primary N) is 1. The molecule has 0 radical (unpaired) electrons. The number of anilines is 2. The van der Waals surface area contributed by atoms with Gasteiger partial charge in [0.1, 0.15) is 11.6 Å². The molecule has 0 aromatic heterocycles. The Hall–Kier alpha value is -2.23. The summed E-state index contributed by atoms with van der Waals surface area (Å²) in [6, 6.07) is 12.4. The van der Waals surface area contributed by atoms with Crippen LogP contribution in [0.15, 0.2) is 42.5 Å². The highest BCUT2D eigenvalue weighted by molar-refractivity contribution is 5.68. The Morgan fingerprint density at radius 2 is 1.89 bits per heavy atom. The second kappa shape index (κ2) is 5.61. The molecule has 0 spiro atoms. The van der Waals surface area contributed by atoms with Crippen molar-refractivity contribution in [2.75, 3.05) is 24.8 Å². The van der Waals surface area contributed by atoms with Crippen LogP contribution in [-0.4, -0.2) is 14.2 Å². The summed E-state index contributed by atoms with van der Waals surface area (Å²) in [5.41, 5.74) is 7.65. The molecule has 0 aliphatic heterocycles. The molecule has 4 heteroatoms. The minimum Gasteiger partial charge on any atom is -0.496 e. The standard InChI is InChI=1S/C15H17FN2O/c1-18(15-12(16)7-5-8-13(15)17)10-11-6-3-4-9-14(11)19-2/h3-9H,10,17H2,1-2H3. The Bertz CT molecular complexity index is 552. The molecule has 0 fully saturated rings. The highest BCUT2D eigenvalue weighted by Crippen LogP contribution is 2.28. The Balaban J connectivity index is 2.28. The molecule has 0 saturated heterocycles. The molecule has 0 aliphatic rings. The summed E-state index contributed by atoms with van der Waals surface area (Å²) in [6.45, 7) is 0.523. The number of nitrogens with zero attached hydrogens (tertiary/aromatic N) is 1. The van der Waals surface area contributed by atoms with Crippen molar-refractivity contribution in [2.24, 2.45) is 0 Å². The lowest BCUT2D eigenvalue weighted by molar-refractivity contribution is 0.409. The molecule has 0 heterocycles. The minimum atomic E-state index is -0.322. The maximum absolute atomic E-state index is 13.8. The van der Waals surface area contributed by atoms with Crippen LogP contribution < -0.4 is 15.4 Å². The number of halogens is 1. The van der Waals surface area contributed by atoms with Gasteiger partial charge < -0.3 is 15.4 Å². The van der Waals surface area contributed by atoms with E-state index in [0.717, 1.165) is 11.3 Å². The highest BCUT2D eigenvalue weighted by atomic mass is 19.1. The highest BCUT2D eigenvalue weighted by Gasteiger charge is 2.13. The average Bonchev–Trinajstić information content (AvgIpc) is 2.39. The summed E-state index contributed by atoms with van der Waals surface area (Å²) < 4.78 is 19.1. The first-order chi connectivity index (χ1) is 9.13. The van der Waals surface area contributed by atoms with Gasteiger partial charge >= 0.3 is 0 Å².